The molecule has 0 amide bonds. The third kappa shape index (κ3) is 4.14. The third-order valence-corrected chi connectivity index (χ3v) is 5.39. The van der Waals surface area contributed by atoms with Crippen molar-refractivity contribution in [3.05, 3.63) is 0 Å². The van der Waals surface area contributed by atoms with Gasteiger partial charge in [0.25, 0.3) is 0 Å². The van der Waals surface area contributed by atoms with E-state index in [1.165, 1.54) is 45.6 Å². The zero-order valence-corrected chi connectivity index (χ0v) is 13.9. The standard InChI is InChI=1S/C15H32N2S/c1-6-15(7-2,13-18)12-16-8-10-17(11-9-16)14(3,4)5/h18H,6-13H2,1-5H3. The van der Waals surface area contributed by atoms with Crippen LogP contribution in [0.2, 0.25) is 0 Å². The van der Waals surface area contributed by atoms with Crippen LogP contribution in [0.3, 0.4) is 0 Å². The van der Waals surface area contributed by atoms with E-state index in [2.05, 4.69) is 57.0 Å². The van der Waals surface area contributed by atoms with Crippen LogP contribution >= 0.6 is 12.6 Å². The van der Waals surface area contributed by atoms with Gasteiger partial charge in [-0.05, 0) is 44.8 Å². The van der Waals surface area contributed by atoms with Gasteiger partial charge in [-0.15, -0.1) is 0 Å². The number of nitrogens with zero attached hydrogens (tertiary/aromatic N) is 2. The second-order valence-corrected chi connectivity index (χ2v) is 7.12. The van der Waals surface area contributed by atoms with Crippen molar-refractivity contribution >= 4 is 12.6 Å². The van der Waals surface area contributed by atoms with Crippen molar-refractivity contribution in [1.29, 1.82) is 0 Å². The molecule has 1 heterocycles. The van der Waals surface area contributed by atoms with Gasteiger partial charge in [-0.25, -0.2) is 0 Å². The first kappa shape index (κ1) is 16.3. The summed E-state index contributed by atoms with van der Waals surface area (Å²) in [6.07, 6.45) is 2.49. The summed E-state index contributed by atoms with van der Waals surface area (Å²) in [6, 6.07) is 0. The monoisotopic (exact) mass is 272 g/mol. The number of hydrogen-bond acceptors (Lipinski definition) is 3. The maximum absolute atomic E-state index is 4.59. The van der Waals surface area contributed by atoms with Crippen LogP contribution in [-0.4, -0.2) is 53.8 Å². The number of hydrogen-bond donors (Lipinski definition) is 1. The van der Waals surface area contributed by atoms with Crippen molar-refractivity contribution in [2.45, 2.75) is 53.0 Å². The largest absolute Gasteiger partial charge is 0.300 e. The van der Waals surface area contributed by atoms with Crippen LogP contribution in [-0.2, 0) is 0 Å². The molecule has 1 aliphatic heterocycles. The summed E-state index contributed by atoms with van der Waals surface area (Å²) in [7, 11) is 0. The Morgan fingerprint density at radius 1 is 0.944 bits per heavy atom. The minimum Gasteiger partial charge on any atom is -0.300 e. The van der Waals surface area contributed by atoms with Crippen molar-refractivity contribution in [2.75, 3.05) is 38.5 Å². The van der Waals surface area contributed by atoms with Crippen LogP contribution in [0.5, 0.6) is 0 Å². The molecule has 2 nitrogen and oxygen atoms in total. The van der Waals surface area contributed by atoms with Gasteiger partial charge in [0.15, 0.2) is 0 Å². The summed E-state index contributed by atoms with van der Waals surface area (Å²) in [4.78, 5) is 5.25. The van der Waals surface area contributed by atoms with Gasteiger partial charge in [0, 0.05) is 38.3 Å². The molecule has 1 aliphatic rings. The predicted molar refractivity (Wildman–Crippen MR) is 84.6 cm³/mol. The third-order valence-electron chi connectivity index (χ3n) is 4.72. The normalized spacial score (nSPS) is 20.3. The lowest BCUT2D eigenvalue weighted by Crippen LogP contribution is -2.55. The van der Waals surface area contributed by atoms with E-state index in [0.717, 1.165) is 5.75 Å². The predicted octanol–water partition coefficient (Wildman–Crippen LogP) is 3.14. The molecule has 3 heteroatoms. The Labute approximate surface area is 120 Å². The first-order valence-corrected chi connectivity index (χ1v) is 8.08. The lowest BCUT2D eigenvalue weighted by molar-refractivity contribution is 0.0418. The molecular formula is C15H32N2S. The zero-order chi connectivity index (χ0) is 13.8. The fourth-order valence-electron chi connectivity index (χ4n) is 2.80. The summed E-state index contributed by atoms with van der Waals surface area (Å²) < 4.78 is 0. The highest BCUT2D eigenvalue weighted by Gasteiger charge is 2.31. The minimum atomic E-state index is 0.322. The molecule has 0 N–H and O–H groups in total. The molecule has 1 rings (SSSR count). The second kappa shape index (κ2) is 6.62. The topological polar surface area (TPSA) is 6.48 Å². The molecule has 0 atom stereocenters. The number of thiol groups is 1. The summed E-state index contributed by atoms with van der Waals surface area (Å²) in [5.74, 6) is 1.01. The lowest BCUT2D eigenvalue weighted by atomic mass is 9.83. The van der Waals surface area contributed by atoms with Crippen LogP contribution in [0.25, 0.3) is 0 Å². The van der Waals surface area contributed by atoms with Crippen molar-refractivity contribution < 1.29 is 0 Å². The van der Waals surface area contributed by atoms with Gasteiger partial charge in [0.05, 0.1) is 0 Å². The maximum atomic E-state index is 4.59. The summed E-state index contributed by atoms with van der Waals surface area (Å²) in [5, 5.41) is 0. The Balaban J connectivity index is 2.48. The zero-order valence-electron chi connectivity index (χ0n) is 13.0. The Morgan fingerprint density at radius 2 is 1.44 bits per heavy atom. The molecule has 0 radical (unpaired) electrons. The molecule has 0 aromatic carbocycles. The first-order chi connectivity index (χ1) is 8.37. The van der Waals surface area contributed by atoms with Crippen molar-refractivity contribution in [1.82, 2.24) is 9.80 Å². The SMILES string of the molecule is CCC(CC)(CS)CN1CCN(C(C)(C)C)CC1. The van der Waals surface area contributed by atoms with Crippen LogP contribution in [0, 0.1) is 5.41 Å². The highest BCUT2D eigenvalue weighted by Crippen LogP contribution is 2.29. The van der Waals surface area contributed by atoms with E-state index in [4.69, 9.17) is 0 Å². The molecule has 0 saturated carbocycles. The minimum absolute atomic E-state index is 0.322. The van der Waals surface area contributed by atoms with E-state index in [9.17, 15) is 0 Å². The number of piperazine rings is 1. The van der Waals surface area contributed by atoms with Gasteiger partial charge in [0.1, 0.15) is 0 Å². The average Bonchev–Trinajstić information content (AvgIpc) is 2.36. The molecule has 0 aromatic rings. The van der Waals surface area contributed by atoms with Crippen molar-refractivity contribution in [3.8, 4) is 0 Å². The van der Waals surface area contributed by atoms with E-state index in [1.54, 1.807) is 0 Å². The highest BCUT2D eigenvalue weighted by atomic mass is 32.1. The molecule has 1 fully saturated rings. The Bertz CT molecular complexity index is 227. The molecule has 0 bridgehead atoms. The number of rotatable bonds is 5. The van der Waals surface area contributed by atoms with Crippen LogP contribution in [0.4, 0.5) is 0 Å². The Hall–Kier alpha value is 0.270. The maximum Gasteiger partial charge on any atom is 0.0126 e. The van der Waals surface area contributed by atoms with Crippen LogP contribution < -0.4 is 0 Å². The lowest BCUT2D eigenvalue weighted by Gasteiger charge is -2.45. The van der Waals surface area contributed by atoms with Crippen molar-refractivity contribution in [3.63, 3.8) is 0 Å². The highest BCUT2D eigenvalue weighted by molar-refractivity contribution is 7.80. The fraction of sp³-hybridized carbons (Fsp3) is 1.00. The van der Waals surface area contributed by atoms with E-state index in [0.29, 0.717) is 11.0 Å². The molecule has 0 aromatic heterocycles. The Morgan fingerprint density at radius 3 is 1.78 bits per heavy atom. The summed E-state index contributed by atoms with van der Waals surface area (Å²) >= 11 is 4.59. The molecule has 0 aliphatic carbocycles. The molecule has 108 valence electrons. The molecule has 18 heavy (non-hydrogen) atoms. The van der Waals surface area contributed by atoms with Gasteiger partial charge >= 0.3 is 0 Å². The fourth-order valence-corrected chi connectivity index (χ4v) is 3.35. The van der Waals surface area contributed by atoms with E-state index >= 15 is 0 Å². The van der Waals surface area contributed by atoms with Gasteiger partial charge in [0.2, 0.25) is 0 Å². The van der Waals surface area contributed by atoms with E-state index in [1.807, 2.05) is 0 Å². The molecule has 0 unspecified atom stereocenters. The first-order valence-electron chi connectivity index (χ1n) is 7.45. The Kier molecular flexibility index (Phi) is 6.01. The van der Waals surface area contributed by atoms with Gasteiger partial charge in [-0.2, -0.15) is 12.6 Å². The van der Waals surface area contributed by atoms with Gasteiger partial charge in [-0.1, -0.05) is 13.8 Å². The average molecular weight is 273 g/mol. The van der Waals surface area contributed by atoms with Gasteiger partial charge in [-0.3, -0.25) is 4.90 Å². The molecule has 0 spiro atoms. The van der Waals surface area contributed by atoms with Crippen molar-refractivity contribution in [2.24, 2.45) is 5.41 Å². The summed E-state index contributed by atoms with van der Waals surface area (Å²) in [6.45, 7) is 17.6. The molecular weight excluding hydrogens is 240 g/mol. The molecule has 1 saturated heterocycles. The second-order valence-electron chi connectivity index (χ2n) is 6.80. The smallest absolute Gasteiger partial charge is 0.0126 e. The quantitative estimate of drug-likeness (QED) is 0.768. The van der Waals surface area contributed by atoms with E-state index in [-0.39, 0.29) is 0 Å². The van der Waals surface area contributed by atoms with Crippen LogP contribution in [0.15, 0.2) is 0 Å². The summed E-state index contributed by atoms with van der Waals surface area (Å²) in [5.41, 5.74) is 0.745. The van der Waals surface area contributed by atoms with E-state index < -0.39 is 0 Å². The van der Waals surface area contributed by atoms with Crippen LogP contribution in [0.1, 0.15) is 47.5 Å². The van der Waals surface area contributed by atoms with Gasteiger partial charge < -0.3 is 4.90 Å².